The van der Waals surface area contributed by atoms with Gasteiger partial charge in [0.05, 0.1) is 11.4 Å². The number of hydrogen-bond acceptors (Lipinski definition) is 4. The van der Waals surface area contributed by atoms with E-state index in [1.54, 1.807) is 0 Å². The maximum atomic E-state index is 9.34. The van der Waals surface area contributed by atoms with Crippen LogP contribution in [0.5, 0.6) is 0 Å². The third kappa shape index (κ3) is 4.42. The standard InChI is InChI=1S/C20H33N3O/c1-2-11-22-12-9-18(10-13-22)21-19-5-3-4-6-20(19)23-14-7-17(16-24)8-15-23/h3-6,17-18,21,24H,2,7-16H2,1H3. The summed E-state index contributed by atoms with van der Waals surface area (Å²) in [6, 6.07) is 9.34. The molecule has 2 fully saturated rings. The van der Waals surface area contributed by atoms with Crippen molar-refractivity contribution in [3.8, 4) is 0 Å². The van der Waals surface area contributed by atoms with Crippen molar-refractivity contribution in [1.29, 1.82) is 0 Å². The monoisotopic (exact) mass is 331 g/mol. The molecular weight excluding hydrogens is 298 g/mol. The average molecular weight is 332 g/mol. The number of nitrogens with zero attached hydrogens (tertiary/aromatic N) is 2. The van der Waals surface area contributed by atoms with Gasteiger partial charge in [-0.2, -0.15) is 0 Å². The number of nitrogens with one attached hydrogen (secondary N) is 1. The minimum atomic E-state index is 0.337. The summed E-state index contributed by atoms with van der Waals surface area (Å²) in [4.78, 5) is 5.07. The van der Waals surface area contributed by atoms with Crippen LogP contribution in [0.15, 0.2) is 24.3 Å². The van der Waals surface area contributed by atoms with Crippen LogP contribution in [0.25, 0.3) is 0 Å². The molecule has 0 unspecified atom stereocenters. The van der Waals surface area contributed by atoms with Crippen LogP contribution in [0.2, 0.25) is 0 Å². The minimum absolute atomic E-state index is 0.337. The van der Waals surface area contributed by atoms with E-state index in [9.17, 15) is 5.11 Å². The van der Waals surface area contributed by atoms with Gasteiger partial charge in [-0.05, 0) is 56.7 Å². The molecule has 0 radical (unpaired) electrons. The Hall–Kier alpha value is -1.26. The normalized spacial score (nSPS) is 21.2. The summed E-state index contributed by atoms with van der Waals surface area (Å²) in [6.45, 7) is 8.39. The molecule has 0 bridgehead atoms. The molecule has 2 heterocycles. The van der Waals surface area contributed by atoms with Gasteiger partial charge in [0, 0.05) is 38.8 Å². The third-order valence-electron chi connectivity index (χ3n) is 5.60. The van der Waals surface area contributed by atoms with Crippen LogP contribution in [0, 0.1) is 5.92 Å². The predicted octanol–water partition coefficient (Wildman–Crippen LogP) is 3.18. The minimum Gasteiger partial charge on any atom is -0.396 e. The quantitative estimate of drug-likeness (QED) is 0.840. The molecule has 0 atom stereocenters. The Morgan fingerprint density at radius 2 is 1.75 bits per heavy atom. The van der Waals surface area contributed by atoms with Crippen molar-refractivity contribution in [1.82, 2.24) is 4.90 Å². The van der Waals surface area contributed by atoms with Gasteiger partial charge in [-0.3, -0.25) is 0 Å². The highest BCUT2D eigenvalue weighted by Crippen LogP contribution is 2.31. The van der Waals surface area contributed by atoms with E-state index in [1.807, 2.05) is 0 Å². The Morgan fingerprint density at radius 1 is 1.04 bits per heavy atom. The highest BCUT2D eigenvalue weighted by atomic mass is 16.3. The van der Waals surface area contributed by atoms with E-state index in [0.29, 0.717) is 18.6 Å². The maximum Gasteiger partial charge on any atom is 0.0602 e. The molecule has 134 valence electrons. The highest BCUT2D eigenvalue weighted by molar-refractivity contribution is 5.70. The summed E-state index contributed by atoms with van der Waals surface area (Å²) in [5, 5.41) is 13.2. The van der Waals surface area contributed by atoms with Gasteiger partial charge in [0.2, 0.25) is 0 Å². The summed E-state index contributed by atoms with van der Waals surface area (Å²) >= 11 is 0. The summed E-state index contributed by atoms with van der Waals surface area (Å²) in [5.41, 5.74) is 2.62. The zero-order chi connectivity index (χ0) is 16.8. The molecule has 2 aliphatic heterocycles. The number of aliphatic hydroxyl groups is 1. The number of likely N-dealkylation sites (tertiary alicyclic amines) is 1. The van der Waals surface area contributed by atoms with Crippen LogP contribution >= 0.6 is 0 Å². The Morgan fingerprint density at radius 3 is 2.42 bits per heavy atom. The highest BCUT2D eigenvalue weighted by Gasteiger charge is 2.22. The predicted molar refractivity (Wildman–Crippen MR) is 102 cm³/mol. The number of hydrogen-bond donors (Lipinski definition) is 2. The first-order valence-electron chi connectivity index (χ1n) is 9.74. The van der Waals surface area contributed by atoms with E-state index in [2.05, 4.69) is 46.3 Å². The fraction of sp³-hybridized carbons (Fsp3) is 0.700. The second-order valence-corrected chi connectivity index (χ2v) is 7.39. The third-order valence-corrected chi connectivity index (χ3v) is 5.60. The first-order chi connectivity index (χ1) is 11.8. The van der Waals surface area contributed by atoms with Gasteiger partial charge in [0.25, 0.3) is 0 Å². The topological polar surface area (TPSA) is 38.7 Å². The van der Waals surface area contributed by atoms with Crippen LogP contribution in [0.4, 0.5) is 11.4 Å². The molecule has 1 aromatic carbocycles. The fourth-order valence-electron chi connectivity index (χ4n) is 4.06. The smallest absolute Gasteiger partial charge is 0.0602 e. The van der Waals surface area contributed by atoms with Crippen LogP contribution in [0.1, 0.15) is 39.0 Å². The van der Waals surface area contributed by atoms with Gasteiger partial charge in [0.1, 0.15) is 0 Å². The van der Waals surface area contributed by atoms with Gasteiger partial charge in [-0.25, -0.2) is 0 Å². The molecular formula is C20H33N3O. The van der Waals surface area contributed by atoms with E-state index in [1.165, 1.54) is 50.3 Å². The van der Waals surface area contributed by atoms with Crippen LogP contribution < -0.4 is 10.2 Å². The second kappa shape index (κ2) is 8.72. The van der Waals surface area contributed by atoms with E-state index in [4.69, 9.17) is 0 Å². The zero-order valence-corrected chi connectivity index (χ0v) is 15.1. The van der Waals surface area contributed by atoms with Gasteiger partial charge in [0.15, 0.2) is 0 Å². The number of piperidine rings is 2. The van der Waals surface area contributed by atoms with Crippen molar-refractivity contribution in [3.05, 3.63) is 24.3 Å². The fourth-order valence-corrected chi connectivity index (χ4v) is 4.06. The molecule has 2 saturated heterocycles. The SMILES string of the molecule is CCCN1CCC(Nc2ccccc2N2CCC(CO)CC2)CC1. The number of aliphatic hydroxyl groups excluding tert-OH is 1. The first kappa shape index (κ1) is 17.6. The van der Waals surface area contributed by atoms with Crippen molar-refractivity contribution in [2.24, 2.45) is 5.92 Å². The van der Waals surface area contributed by atoms with Gasteiger partial charge in [-0.1, -0.05) is 19.1 Å². The molecule has 1 aromatic rings. The van der Waals surface area contributed by atoms with Crippen molar-refractivity contribution in [2.75, 3.05) is 49.5 Å². The first-order valence-corrected chi connectivity index (χ1v) is 9.74. The van der Waals surface area contributed by atoms with E-state index < -0.39 is 0 Å². The molecule has 4 heteroatoms. The average Bonchev–Trinajstić information content (AvgIpc) is 2.64. The summed E-state index contributed by atoms with van der Waals surface area (Å²) in [5.74, 6) is 0.490. The zero-order valence-electron chi connectivity index (χ0n) is 15.1. The molecule has 4 nitrogen and oxygen atoms in total. The molecule has 2 aliphatic rings. The number of anilines is 2. The van der Waals surface area contributed by atoms with Crippen molar-refractivity contribution >= 4 is 11.4 Å². The molecule has 0 spiro atoms. The largest absolute Gasteiger partial charge is 0.396 e. The molecule has 24 heavy (non-hydrogen) atoms. The number of rotatable bonds is 6. The lowest BCUT2D eigenvalue weighted by molar-refractivity contribution is 0.203. The van der Waals surface area contributed by atoms with Crippen LogP contribution in [-0.2, 0) is 0 Å². The Balaban J connectivity index is 1.59. The van der Waals surface area contributed by atoms with E-state index in [-0.39, 0.29) is 0 Å². The molecule has 2 N–H and O–H groups in total. The summed E-state index contributed by atoms with van der Waals surface area (Å²) in [7, 11) is 0. The lowest BCUT2D eigenvalue weighted by Gasteiger charge is -2.36. The lowest BCUT2D eigenvalue weighted by Crippen LogP contribution is -2.40. The molecule has 3 rings (SSSR count). The summed E-state index contributed by atoms with van der Waals surface area (Å²) < 4.78 is 0. The molecule has 0 aliphatic carbocycles. The van der Waals surface area contributed by atoms with Gasteiger partial charge >= 0.3 is 0 Å². The van der Waals surface area contributed by atoms with Crippen molar-refractivity contribution < 1.29 is 5.11 Å². The number of para-hydroxylation sites is 2. The Labute approximate surface area is 146 Å². The van der Waals surface area contributed by atoms with Gasteiger partial charge < -0.3 is 20.2 Å². The Bertz CT molecular complexity index is 491. The molecule has 0 amide bonds. The van der Waals surface area contributed by atoms with Crippen LogP contribution in [-0.4, -0.2) is 55.4 Å². The number of benzene rings is 1. The van der Waals surface area contributed by atoms with E-state index >= 15 is 0 Å². The second-order valence-electron chi connectivity index (χ2n) is 7.39. The van der Waals surface area contributed by atoms with Crippen LogP contribution in [0.3, 0.4) is 0 Å². The lowest BCUT2D eigenvalue weighted by atomic mass is 9.97. The van der Waals surface area contributed by atoms with Crippen molar-refractivity contribution in [2.45, 2.75) is 45.1 Å². The van der Waals surface area contributed by atoms with Crippen molar-refractivity contribution in [3.63, 3.8) is 0 Å². The Kier molecular flexibility index (Phi) is 6.38. The summed E-state index contributed by atoms with van der Waals surface area (Å²) in [6.07, 6.45) is 5.92. The molecule has 0 saturated carbocycles. The molecule has 0 aromatic heterocycles. The van der Waals surface area contributed by atoms with Gasteiger partial charge in [-0.15, -0.1) is 0 Å². The maximum absolute atomic E-state index is 9.34. The van der Waals surface area contributed by atoms with E-state index in [0.717, 1.165) is 25.9 Å².